The van der Waals surface area contributed by atoms with Gasteiger partial charge in [-0.1, -0.05) is 12.1 Å². The van der Waals surface area contributed by atoms with E-state index >= 15 is 0 Å². The van der Waals surface area contributed by atoms with Gasteiger partial charge in [0.1, 0.15) is 35.2 Å². The van der Waals surface area contributed by atoms with Crippen molar-refractivity contribution in [1.29, 1.82) is 0 Å². The van der Waals surface area contributed by atoms with Crippen LogP contribution < -0.4 is 10.1 Å². The van der Waals surface area contributed by atoms with Crippen LogP contribution in [0.15, 0.2) is 43.1 Å². The Hall–Kier alpha value is -4.28. The van der Waals surface area contributed by atoms with E-state index in [-0.39, 0.29) is 18.0 Å². The zero-order valence-corrected chi connectivity index (χ0v) is 22.1. The van der Waals surface area contributed by atoms with E-state index in [4.69, 9.17) is 18.9 Å². The second kappa shape index (κ2) is 9.79. The minimum Gasteiger partial charge on any atom is -0.493 e. The van der Waals surface area contributed by atoms with Crippen LogP contribution in [0.5, 0.6) is 5.75 Å². The number of amides is 2. The van der Waals surface area contributed by atoms with Gasteiger partial charge in [-0.15, -0.1) is 0 Å². The summed E-state index contributed by atoms with van der Waals surface area (Å²) in [6.45, 7) is 6.95. The maximum absolute atomic E-state index is 13.0. The molecule has 2 fully saturated rings. The fourth-order valence-electron chi connectivity index (χ4n) is 4.41. The van der Waals surface area contributed by atoms with Crippen LogP contribution in [0.1, 0.15) is 61.5 Å². The first-order chi connectivity index (χ1) is 18.7. The molecule has 2 aliphatic heterocycles. The van der Waals surface area contributed by atoms with Gasteiger partial charge >= 0.3 is 6.09 Å². The number of ether oxygens (including phenoxy) is 4. The molecule has 0 spiro atoms. The number of carbonyl (C=O) groups excluding carboxylic acids is 2. The van der Waals surface area contributed by atoms with Gasteiger partial charge in [-0.25, -0.2) is 14.8 Å². The topological polar surface area (TPSA) is 128 Å². The Balaban J connectivity index is 1.10. The Morgan fingerprint density at radius 2 is 2.03 bits per heavy atom. The molecule has 4 heterocycles. The van der Waals surface area contributed by atoms with Crippen LogP contribution in [-0.4, -0.2) is 63.2 Å². The number of aromatic nitrogens is 3. The summed E-state index contributed by atoms with van der Waals surface area (Å²) in [5.41, 5.74) is 2.15. The number of likely N-dealkylation sites (tertiary alicyclic amines) is 1. The number of nitrogens with zero attached hydrogens (tertiary/aromatic N) is 3. The van der Waals surface area contributed by atoms with Crippen LogP contribution >= 0.6 is 0 Å². The van der Waals surface area contributed by atoms with Crippen molar-refractivity contribution >= 4 is 28.8 Å². The molecule has 204 valence electrons. The quantitative estimate of drug-likeness (QED) is 0.464. The summed E-state index contributed by atoms with van der Waals surface area (Å²) in [5, 5.41) is 2.95. The predicted octanol–water partition coefficient (Wildman–Crippen LogP) is 4.14. The molecule has 1 saturated heterocycles. The fourth-order valence-corrected chi connectivity index (χ4v) is 4.41. The molecule has 1 aromatic carbocycles. The van der Waals surface area contributed by atoms with E-state index < -0.39 is 11.9 Å². The van der Waals surface area contributed by atoms with Gasteiger partial charge < -0.3 is 34.1 Å². The van der Waals surface area contributed by atoms with Crippen molar-refractivity contribution in [1.82, 2.24) is 25.2 Å². The largest absolute Gasteiger partial charge is 0.493 e. The first kappa shape index (κ1) is 25.0. The zero-order valence-electron chi connectivity index (χ0n) is 22.1. The normalized spacial score (nSPS) is 19.1. The maximum atomic E-state index is 13.0. The summed E-state index contributed by atoms with van der Waals surface area (Å²) in [4.78, 5) is 38.6. The first-order valence-electron chi connectivity index (χ1n) is 13.1. The molecular formula is C28H31N5O6. The molecule has 2 amide bonds. The van der Waals surface area contributed by atoms with Gasteiger partial charge in [-0.05, 0) is 51.7 Å². The van der Waals surface area contributed by atoms with Gasteiger partial charge in [-0.2, -0.15) is 0 Å². The lowest BCUT2D eigenvalue weighted by atomic mass is 10.1. The predicted molar refractivity (Wildman–Crippen MR) is 140 cm³/mol. The summed E-state index contributed by atoms with van der Waals surface area (Å²) in [7, 11) is 0. The molecule has 39 heavy (non-hydrogen) atoms. The van der Waals surface area contributed by atoms with E-state index in [1.807, 2.05) is 45.0 Å². The highest BCUT2D eigenvalue weighted by Gasteiger charge is 2.35. The molecule has 11 nitrogen and oxygen atoms in total. The lowest BCUT2D eigenvalue weighted by molar-refractivity contribution is -0.0173. The van der Waals surface area contributed by atoms with Crippen molar-refractivity contribution in [2.45, 2.75) is 51.5 Å². The molecule has 1 saturated carbocycles. The van der Waals surface area contributed by atoms with Crippen molar-refractivity contribution in [3.05, 3.63) is 59.9 Å². The number of hydrogen-bond donors (Lipinski definition) is 2. The third-order valence-electron chi connectivity index (χ3n) is 6.66. The number of fused-ring (bicyclic) bond motifs is 1. The summed E-state index contributed by atoms with van der Waals surface area (Å²) in [6.07, 6.45) is 5.93. The van der Waals surface area contributed by atoms with Gasteiger partial charge in [0.2, 0.25) is 0 Å². The summed E-state index contributed by atoms with van der Waals surface area (Å²) in [5.74, 6) is 1.58. The fraction of sp³-hybridized carbons (Fsp3) is 0.429. The van der Waals surface area contributed by atoms with Crippen LogP contribution in [0.3, 0.4) is 0 Å². The third-order valence-corrected chi connectivity index (χ3v) is 6.66. The Morgan fingerprint density at radius 3 is 2.79 bits per heavy atom. The van der Waals surface area contributed by atoms with Crippen molar-refractivity contribution < 1.29 is 28.5 Å². The maximum Gasteiger partial charge on any atom is 0.410 e. The van der Waals surface area contributed by atoms with Gasteiger partial charge in [0.05, 0.1) is 23.7 Å². The number of hydrogen-bond acceptors (Lipinski definition) is 8. The van der Waals surface area contributed by atoms with Gasteiger partial charge in [0, 0.05) is 24.8 Å². The first-order valence-corrected chi connectivity index (χ1v) is 13.1. The van der Waals surface area contributed by atoms with E-state index in [9.17, 15) is 9.59 Å². The number of carbonyl (C=O) groups is 2. The standard InChI is InChI=1S/C28H31N5O6/c1-28(2,3)39-27(35)33-11-18(12-33)32-25(34)20-10-29-24-22(20)30-15-31-23(24)21-14-37-26(38-21)17-5-4-6-19(9-17)36-13-16-7-8-16/h4-6,9-10,14-16,18,26,29H,7-8,11-13H2,1-3H3,(H,32,34). The Morgan fingerprint density at radius 1 is 1.21 bits per heavy atom. The van der Waals surface area contributed by atoms with Crippen LogP contribution in [0, 0.1) is 5.92 Å². The number of nitrogens with one attached hydrogen (secondary N) is 2. The third kappa shape index (κ3) is 5.47. The smallest absolute Gasteiger partial charge is 0.410 e. The molecular weight excluding hydrogens is 502 g/mol. The van der Waals surface area contributed by atoms with Crippen LogP contribution in [0.2, 0.25) is 0 Å². The molecule has 3 aromatic rings. The molecule has 11 heteroatoms. The van der Waals surface area contributed by atoms with Crippen LogP contribution in [0.4, 0.5) is 4.79 Å². The Bertz CT molecular complexity index is 1430. The zero-order chi connectivity index (χ0) is 27.1. The molecule has 2 N–H and O–H groups in total. The van der Waals surface area contributed by atoms with E-state index in [1.165, 1.54) is 25.4 Å². The molecule has 1 atom stereocenters. The number of benzene rings is 1. The summed E-state index contributed by atoms with van der Waals surface area (Å²) in [6, 6.07) is 7.50. The SMILES string of the molecule is CC(C)(C)OC(=O)N1CC(NC(=O)c2c[nH]c3c(C4=COC(c5cccc(OCC6CC6)c5)O4)ncnc23)C1. The minimum absolute atomic E-state index is 0.171. The van der Waals surface area contributed by atoms with Crippen molar-refractivity contribution in [2.24, 2.45) is 5.92 Å². The number of H-pyrrole nitrogens is 1. The lowest BCUT2D eigenvalue weighted by Gasteiger charge is -2.39. The lowest BCUT2D eigenvalue weighted by Crippen LogP contribution is -2.61. The van der Waals surface area contributed by atoms with Crippen molar-refractivity contribution in [2.75, 3.05) is 19.7 Å². The number of rotatable bonds is 7. The highest BCUT2D eigenvalue weighted by Crippen LogP contribution is 2.36. The molecule has 3 aliphatic rings. The molecule has 1 aliphatic carbocycles. The molecule has 2 aromatic heterocycles. The van der Waals surface area contributed by atoms with E-state index in [0.717, 1.165) is 17.9 Å². The molecule has 1 unspecified atom stereocenters. The van der Waals surface area contributed by atoms with Gasteiger partial charge in [0.25, 0.3) is 12.2 Å². The van der Waals surface area contributed by atoms with Crippen molar-refractivity contribution in [3.8, 4) is 5.75 Å². The van der Waals surface area contributed by atoms with Crippen LogP contribution in [-0.2, 0) is 14.2 Å². The highest BCUT2D eigenvalue weighted by molar-refractivity contribution is 6.06. The monoisotopic (exact) mass is 533 g/mol. The highest BCUT2D eigenvalue weighted by atomic mass is 16.7. The van der Waals surface area contributed by atoms with Gasteiger partial charge in [-0.3, -0.25) is 4.79 Å². The molecule has 0 radical (unpaired) electrons. The van der Waals surface area contributed by atoms with E-state index in [1.54, 1.807) is 11.1 Å². The Labute approximate surface area is 225 Å². The van der Waals surface area contributed by atoms with E-state index in [2.05, 4.69) is 20.3 Å². The second-order valence-electron chi connectivity index (χ2n) is 11.1. The Kier molecular flexibility index (Phi) is 6.28. The van der Waals surface area contributed by atoms with E-state index in [0.29, 0.717) is 47.1 Å². The molecule has 6 rings (SSSR count). The van der Waals surface area contributed by atoms with Gasteiger partial charge in [0.15, 0.2) is 5.76 Å². The summed E-state index contributed by atoms with van der Waals surface area (Å²) >= 11 is 0. The summed E-state index contributed by atoms with van der Waals surface area (Å²) < 4.78 is 23.1. The average molecular weight is 534 g/mol. The molecule has 0 bridgehead atoms. The number of aromatic amines is 1. The van der Waals surface area contributed by atoms with Crippen LogP contribution in [0.25, 0.3) is 16.8 Å². The van der Waals surface area contributed by atoms with Crippen molar-refractivity contribution in [3.63, 3.8) is 0 Å². The average Bonchev–Trinajstić information content (AvgIpc) is 3.39. The minimum atomic E-state index is -0.640. The second-order valence-corrected chi connectivity index (χ2v) is 11.1.